The van der Waals surface area contributed by atoms with Gasteiger partial charge in [0.2, 0.25) is 5.91 Å². The Labute approximate surface area is 131 Å². The molecule has 7 heteroatoms. The summed E-state index contributed by atoms with van der Waals surface area (Å²) in [6.07, 6.45) is 5.65. The molecule has 0 radical (unpaired) electrons. The van der Waals surface area contributed by atoms with E-state index in [1.165, 1.54) is 0 Å². The van der Waals surface area contributed by atoms with Gasteiger partial charge >= 0.3 is 7.12 Å². The Bertz CT molecular complexity index is 562. The average molecular weight is 305 g/mol. The molecular formula is C15H24BN3O3. The predicted octanol–water partition coefficient (Wildman–Crippen LogP) is 1.02. The van der Waals surface area contributed by atoms with Gasteiger partial charge in [-0.1, -0.05) is 0 Å². The molecular weight excluding hydrogens is 281 g/mol. The molecule has 0 spiro atoms. The molecule has 1 aromatic heterocycles. The third-order valence-corrected chi connectivity index (χ3v) is 5.04. The summed E-state index contributed by atoms with van der Waals surface area (Å²) in [5.41, 5.74) is 0.265. The highest BCUT2D eigenvalue weighted by atomic mass is 16.7. The van der Waals surface area contributed by atoms with Crippen molar-refractivity contribution in [2.75, 3.05) is 0 Å². The Balaban J connectivity index is 1.63. The van der Waals surface area contributed by atoms with Crippen LogP contribution in [0.4, 0.5) is 0 Å². The van der Waals surface area contributed by atoms with Crippen molar-refractivity contribution < 1.29 is 14.1 Å². The van der Waals surface area contributed by atoms with Gasteiger partial charge in [0.05, 0.1) is 17.2 Å². The Hall–Kier alpha value is -1.34. The van der Waals surface area contributed by atoms with Crippen LogP contribution < -0.4 is 10.8 Å². The third-order valence-electron chi connectivity index (χ3n) is 5.04. The summed E-state index contributed by atoms with van der Waals surface area (Å²) in [4.78, 5) is 11.0. The van der Waals surface area contributed by atoms with Crippen LogP contribution in [0.25, 0.3) is 0 Å². The van der Waals surface area contributed by atoms with Crippen molar-refractivity contribution in [3.8, 4) is 0 Å². The number of hydrogen-bond donors (Lipinski definition) is 1. The van der Waals surface area contributed by atoms with Crippen LogP contribution in [0.5, 0.6) is 0 Å². The van der Waals surface area contributed by atoms with Crippen molar-refractivity contribution in [3.05, 3.63) is 12.4 Å². The van der Waals surface area contributed by atoms with Crippen molar-refractivity contribution >= 4 is 18.5 Å². The highest BCUT2D eigenvalue weighted by Gasteiger charge is 2.52. The minimum atomic E-state index is -0.370. The zero-order valence-electron chi connectivity index (χ0n) is 13.9. The lowest BCUT2D eigenvalue weighted by Crippen LogP contribution is -2.44. The van der Waals surface area contributed by atoms with E-state index in [4.69, 9.17) is 9.31 Å². The van der Waals surface area contributed by atoms with Crippen molar-refractivity contribution in [3.63, 3.8) is 0 Å². The van der Waals surface area contributed by atoms with E-state index in [2.05, 4.69) is 10.4 Å². The van der Waals surface area contributed by atoms with Gasteiger partial charge in [0.1, 0.15) is 0 Å². The lowest BCUT2D eigenvalue weighted by Gasteiger charge is -2.35. The van der Waals surface area contributed by atoms with Crippen LogP contribution in [-0.2, 0) is 14.1 Å². The first-order chi connectivity index (χ1) is 10.2. The molecule has 6 nitrogen and oxygen atoms in total. The summed E-state index contributed by atoms with van der Waals surface area (Å²) in [6.45, 7) is 9.73. The minimum absolute atomic E-state index is 0.0295. The summed E-state index contributed by atoms with van der Waals surface area (Å²) in [6, 6.07) is 0.611. The van der Waals surface area contributed by atoms with E-state index in [1.807, 2.05) is 44.8 Å². The monoisotopic (exact) mass is 305 g/mol. The molecule has 1 N–H and O–H groups in total. The fraction of sp³-hybridized carbons (Fsp3) is 0.733. The second-order valence-corrected chi connectivity index (χ2v) is 7.36. The van der Waals surface area contributed by atoms with Gasteiger partial charge in [-0.05, 0) is 40.5 Å². The van der Waals surface area contributed by atoms with Gasteiger partial charge in [-0.2, -0.15) is 5.10 Å². The van der Waals surface area contributed by atoms with Crippen LogP contribution in [-0.4, -0.2) is 40.0 Å². The Morgan fingerprint density at radius 1 is 1.32 bits per heavy atom. The molecule has 0 bridgehead atoms. The Morgan fingerprint density at radius 3 is 2.45 bits per heavy atom. The van der Waals surface area contributed by atoms with E-state index in [0.717, 1.165) is 18.3 Å². The number of carbonyl (C=O) groups is 1. The molecule has 1 amide bonds. The van der Waals surface area contributed by atoms with Crippen LogP contribution in [0.2, 0.25) is 0 Å². The van der Waals surface area contributed by atoms with E-state index < -0.39 is 0 Å². The number of nitrogens with one attached hydrogen (secondary N) is 1. The topological polar surface area (TPSA) is 65.4 Å². The van der Waals surface area contributed by atoms with Gasteiger partial charge in [0, 0.05) is 30.8 Å². The summed E-state index contributed by atoms with van der Waals surface area (Å²) >= 11 is 0. The van der Waals surface area contributed by atoms with Gasteiger partial charge in [-0.3, -0.25) is 9.48 Å². The van der Waals surface area contributed by atoms with Crippen molar-refractivity contribution in [1.29, 1.82) is 0 Å². The zero-order valence-corrected chi connectivity index (χ0v) is 13.9. The molecule has 0 atom stereocenters. The maximum Gasteiger partial charge on any atom is 0.498 e. The number of aromatic nitrogens is 2. The van der Waals surface area contributed by atoms with Gasteiger partial charge in [-0.15, -0.1) is 0 Å². The van der Waals surface area contributed by atoms with E-state index in [9.17, 15) is 4.79 Å². The summed E-state index contributed by atoms with van der Waals surface area (Å²) in [7, 11) is -0.370. The number of rotatable bonds is 3. The molecule has 2 aliphatic rings. The van der Waals surface area contributed by atoms with Gasteiger partial charge in [0.15, 0.2) is 0 Å². The number of hydrogen-bond acceptors (Lipinski definition) is 4. The molecule has 0 aromatic carbocycles. The molecule has 2 fully saturated rings. The van der Waals surface area contributed by atoms with E-state index in [-0.39, 0.29) is 30.3 Å². The Kier molecular flexibility index (Phi) is 3.60. The maximum atomic E-state index is 11.0. The van der Waals surface area contributed by atoms with Crippen LogP contribution in [0.1, 0.15) is 53.5 Å². The highest BCUT2D eigenvalue weighted by Crippen LogP contribution is 2.37. The van der Waals surface area contributed by atoms with Crippen molar-refractivity contribution in [1.82, 2.24) is 15.1 Å². The second-order valence-electron chi connectivity index (χ2n) is 7.36. The maximum absolute atomic E-state index is 11.0. The number of amides is 1. The molecule has 1 aromatic rings. The lowest BCUT2D eigenvalue weighted by atomic mass is 9.81. The molecule has 1 aliphatic carbocycles. The first-order valence-electron chi connectivity index (χ1n) is 7.85. The first kappa shape index (κ1) is 15.6. The normalized spacial score (nSPS) is 29.2. The number of nitrogens with zero attached hydrogens (tertiary/aromatic N) is 2. The van der Waals surface area contributed by atoms with Crippen LogP contribution in [0, 0.1) is 0 Å². The summed E-state index contributed by atoms with van der Waals surface area (Å²) < 4.78 is 14.0. The van der Waals surface area contributed by atoms with Crippen LogP contribution in [0.15, 0.2) is 12.4 Å². The SMILES string of the molecule is CC(=O)NC1CC(n2cc(B3OC(C)(C)C(C)(C)O3)cn2)C1. The van der Waals surface area contributed by atoms with Crippen molar-refractivity contribution in [2.45, 2.75) is 70.7 Å². The predicted molar refractivity (Wildman–Crippen MR) is 83.8 cm³/mol. The molecule has 3 rings (SSSR count). The highest BCUT2D eigenvalue weighted by molar-refractivity contribution is 6.62. The van der Waals surface area contributed by atoms with E-state index >= 15 is 0 Å². The fourth-order valence-corrected chi connectivity index (χ4v) is 2.86. The zero-order chi connectivity index (χ0) is 16.1. The number of carbonyl (C=O) groups excluding carboxylic acids is 1. The van der Waals surface area contributed by atoms with E-state index in [0.29, 0.717) is 6.04 Å². The molecule has 1 aliphatic heterocycles. The molecule has 2 heterocycles. The van der Waals surface area contributed by atoms with Crippen LogP contribution in [0.3, 0.4) is 0 Å². The second kappa shape index (κ2) is 5.10. The van der Waals surface area contributed by atoms with Crippen molar-refractivity contribution in [2.24, 2.45) is 0 Å². The quantitative estimate of drug-likeness (QED) is 0.847. The standard InChI is InChI=1S/C15H24BN3O3/c1-10(20)18-12-6-13(7-12)19-9-11(8-17-19)16-21-14(2,3)15(4,5)22-16/h8-9,12-13H,6-7H2,1-5H3,(H,18,20). The molecule has 0 unspecified atom stereocenters. The summed E-state index contributed by atoms with van der Waals surface area (Å²) in [5.74, 6) is 0.0295. The molecule has 22 heavy (non-hydrogen) atoms. The Morgan fingerprint density at radius 2 is 1.91 bits per heavy atom. The molecule has 120 valence electrons. The van der Waals surface area contributed by atoms with Gasteiger partial charge in [0.25, 0.3) is 0 Å². The third kappa shape index (κ3) is 2.67. The summed E-state index contributed by atoms with van der Waals surface area (Å²) in [5, 5.41) is 7.37. The van der Waals surface area contributed by atoms with Crippen LogP contribution >= 0.6 is 0 Å². The first-order valence-corrected chi connectivity index (χ1v) is 7.85. The van der Waals surface area contributed by atoms with Gasteiger partial charge in [-0.25, -0.2) is 0 Å². The minimum Gasteiger partial charge on any atom is -0.399 e. The largest absolute Gasteiger partial charge is 0.498 e. The smallest absolute Gasteiger partial charge is 0.399 e. The van der Waals surface area contributed by atoms with Gasteiger partial charge < -0.3 is 14.6 Å². The van der Waals surface area contributed by atoms with E-state index in [1.54, 1.807) is 6.92 Å². The average Bonchev–Trinajstić information content (AvgIpc) is 2.87. The lowest BCUT2D eigenvalue weighted by molar-refractivity contribution is -0.120. The molecule has 1 saturated carbocycles. The fourth-order valence-electron chi connectivity index (χ4n) is 2.86. The molecule has 1 saturated heterocycles.